The quantitative estimate of drug-likeness (QED) is 0.255. The Labute approximate surface area is 193 Å². The molecule has 1 aromatic heterocycles. The molecule has 3 nitrogen and oxygen atoms in total. The number of hydrogen-bond donors (Lipinski definition) is 0. The Balaban J connectivity index is 0.00000101. The number of para-hydroxylation sites is 2. The van der Waals surface area contributed by atoms with Crippen LogP contribution in [0.25, 0.3) is 0 Å². The van der Waals surface area contributed by atoms with Gasteiger partial charge in [0, 0.05) is 0 Å². The van der Waals surface area contributed by atoms with Crippen LogP contribution in [0.5, 0.6) is 0 Å². The maximum absolute atomic E-state index is 5.83. The van der Waals surface area contributed by atoms with Gasteiger partial charge in [0.05, 0.1) is 23.8 Å². The predicted octanol–water partition coefficient (Wildman–Crippen LogP) is 8.40. The number of furan rings is 1. The van der Waals surface area contributed by atoms with Crippen LogP contribution in [-0.4, -0.2) is 12.4 Å². The first-order chi connectivity index (χ1) is 14.5. The zero-order valence-corrected chi connectivity index (χ0v) is 20.1. The fourth-order valence-corrected chi connectivity index (χ4v) is 2.96. The number of halogens is 2. The summed E-state index contributed by atoms with van der Waals surface area (Å²) in [5, 5.41) is 0. The van der Waals surface area contributed by atoms with Crippen molar-refractivity contribution in [2.45, 2.75) is 39.5 Å². The average Bonchev–Trinajstić information content (AvgIpc) is 3.19. The number of rotatable bonds is 6. The molecule has 160 valence electrons. The Hall–Kier alpha value is -1.84. The summed E-state index contributed by atoms with van der Waals surface area (Å²) in [7, 11) is 9.53. The molecule has 0 unspecified atom stereocenters. The van der Waals surface area contributed by atoms with Crippen molar-refractivity contribution in [3.8, 4) is 0 Å². The number of aliphatic imine (C=N–C) groups is 2. The van der Waals surface area contributed by atoms with E-state index in [0.717, 1.165) is 11.4 Å². The molecule has 30 heavy (non-hydrogen) atoms. The third kappa shape index (κ3) is 7.45. The topological polar surface area (TPSA) is 37.9 Å². The molecule has 2 aromatic carbocycles. The van der Waals surface area contributed by atoms with Gasteiger partial charge in [-0.1, -0.05) is 64.1 Å². The van der Waals surface area contributed by atoms with Crippen molar-refractivity contribution < 1.29 is 17.6 Å². The fraction of sp³-hybridized carbons (Fsp3) is 0.250. The van der Waals surface area contributed by atoms with E-state index in [1.807, 2.05) is 48.5 Å². The minimum atomic E-state index is 0.194. The Morgan fingerprint density at radius 2 is 1.07 bits per heavy atom. The molecular weight excluding hydrogens is 459 g/mol. The SMILES string of the molecule is CC(C)c1ccccc1N=Cc1ccc(C=Nc2ccccc2C(C)C)o1.[Cl][Fe][Cl]. The molecule has 0 aliphatic carbocycles. The molecule has 6 heteroatoms. The third-order valence-corrected chi connectivity index (χ3v) is 4.43. The number of benzene rings is 2. The van der Waals surface area contributed by atoms with Crippen LogP contribution >= 0.6 is 20.2 Å². The standard InChI is InChI=1S/C24H26N2O.2ClH.Fe/c1-17(2)21-9-5-7-11-23(21)25-15-19-13-14-20(27-19)16-26-24-12-8-6-10-22(24)18(3)4;;;/h5-18H,1-4H3;2*1H;/q;;;+2/p-2. The molecule has 3 rings (SSSR count). The van der Waals surface area contributed by atoms with Crippen molar-refractivity contribution in [1.82, 2.24) is 0 Å². The van der Waals surface area contributed by atoms with Gasteiger partial charge in [0.15, 0.2) is 0 Å². The molecule has 0 spiro atoms. The van der Waals surface area contributed by atoms with E-state index >= 15 is 0 Å². The molecule has 0 atom stereocenters. The average molecular weight is 485 g/mol. The Kier molecular flexibility index (Phi) is 10.4. The molecule has 0 saturated carbocycles. The second-order valence-corrected chi connectivity index (χ2v) is 9.06. The van der Waals surface area contributed by atoms with E-state index in [2.05, 4.69) is 49.8 Å². The molecule has 0 aliphatic heterocycles. The van der Waals surface area contributed by atoms with Crippen LogP contribution in [-0.2, 0) is 13.1 Å². The molecule has 1 heterocycles. The van der Waals surface area contributed by atoms with Crippen molar-refractivity contribution >= 4 is 44.0 Å². The summed E-state index contributed by atoms with van der Waals surface area (Å²) in [4.78, 5) is 9.21. The number of hydrogen-bond acceptors (Lipinski definition) is 3. The summed E-state index contributed by atoms with van der Waals surface area (Å²) in [5.74, 6) is 2.29. The van der Waals surface area contributed by atoms with Crippen LogP contribution in [0.1, 0.15) is 62.2 Å². The van der Waals surface area contributed by atoms with Crippen LogP contribution in [0.4, 0.5) is 11.4 Å². The van der Waals surface area contributed by atoms with Crippen LogP contribution in [0.15, 0.2) is 75.1 Å². The molecule has 0 aliphatic rings. The van der Waals surface area contributed by atoms with Gasteiger partial charge in [0.1, 0.15) is 11.5 Å². The van der Waals surface area contributed by atoms with Gasteiger partial charge in [-0.2, -0.15) is 0 Å². The zero-order valence-electron chi connectivity index (χ0n) is 17.5. The minimum absolute atomic E-state index is 0.194. The fourth-order valence-electron chi connectivity index (χ4n) is 2.96. The second-order valence-electron chi connectivity index (χ2n) is 7.23. The van der Waals surface area contributed by atoms with E-state index in [1.165, 1.54) is 11.1 Å². The van der Waals surface area contributed by atoms with Crippen LogP contribution < -0.4 is 0 Å². The third-order valence-electron chi connectivity index (χ3n) is 4.43. The van der Waals surface area contributed by atoms with E-state index in [-0.39, 0.29) is 13.1 Å². The molecule has 0 N–H and O–H groups in total. The Morgan fingerprint density at radius 1 is 0.700 bits per heavy atom. The van der Waals surface area contributed by atoms with E-state index in [0.29, 0.717) is 23.4 Å². The first kappa shape index (κ1) is 24.4. The van der Waals surface area contributed by atoms with Crippen molar-refractivity contribution in [3.05, 3.63) is 83.3 Å². The molecule has 0 saturated heterocycles. The molecular formula is C24H26Cl2FeN2O. The summed E-state index contributed by atoms with van der Waals surface area (Å²) < 4.78 is 5.83. The van der Waals surface area contributed by atoms with Gasteiger partial charge in [-0.3, -0.25) is 9.98 Å². The summed E-state index contributed by atoms with van der Waals surface area (Å²) in [6, 6.07) is 20.2. The van der Waals surface area contributed by atoms with Crippen LogP contribution in [0.3, 0.4) is 0 Å². The van der Waals surface area contributed by atoms with Gasteiger partial charge in [0.2, 0.25) is 0 Å². The monoisotopic (exact) mass is 484 g/mol. The van der Waals surface area contributed by atoms with Gasteiger partial charge in [-0.15, -0.1) is 0 Å². The summed E-state index contributed by atoms with van der Waals surface area (Å²) in [5.41, 5.74) is 4.41. The van der Waals surface area contributed by atoms with Crippen molar-refractivity contribution in [3.63, 3.8) is 0 Å². The maximum atomic E-state index is 5.83. The van der Waals surface area contributed by atoms with Crippen molar-refractivity contribution in [2.24, 2.45) is 9.98 Å². The Bertz CT molecular complexity index is 905. The van der Waals surface area contributed by atoms with Crippen LogP contribution in [0, 0.1) is 0 Å². The van der Waals surface area contributed by atoms with E-state index in [1.54, 1.807) is 12.4 Å². The number of nitrogens with zero attached hydrogens (tertiary/aromatic N) is 2. The summed E-state index contributed by atoms with van der Waals surface area (Å²) in [6.07, 6.45) is 3.53. The molecule has 0 bridgehead atoms. The van der Waals surface area contributed by atoms with Crippen LogP contribution in [0.2, 0.25) is 0 Å². The predicted molar refractivity (Wildman–Crippen MR) is 126 cm³/mol. The molecule has 3 aromatic rings. The normalized spacial score (nSPS) is 11.6. The molecule has 0 amide bonds. The van der Waals surface area contributed by atoms with Gasteiger partial charge in [-0.25, -0.2) is 0 Å². The van der Waals surface area contributed by atoms with Gasteiger partial charge in [-0.05, 0) is 47.2 Å². The zero-order chi connectivity index (χ0) is 21.9. The molecule has 0 fully saturated rings. The van der Waals surface area contributed by atoms with Gasteiger partial charge < -0.3 is 4.42 Å². The van der Waals surface area contributed by atoms with Gasteiger partial charge in [0.25, 0.3) is 0 Å². The first-order valence-electron chi connectivity index (χ1n) is 9.67. The van der Waals surface area contributed by atoms with Crippen molar-refractivity contribution in [2.75, 3.05) is 0 Å². The van der Waals surface area contributed by atoms with Crippen molar-refractivity contribution in [1.29, 1.82) is 0 Å². The first-order valence-corrected chi connectivity index (χ1v) is 12.7. The summed E-state index contributed by atoms with van der Waals surface area (Å²) >= 11 is 0.194. The Morgan fingerprint density at radius 3 is 1.43 bits per heavy atom. The van der Waals surface area contributed by atoms with E-state index in [4.69, 9.17) is 24.6 Å². The van der Waals surface area contributed by atoms with E-state index < -0.39 is 0 Å². The second kappa shape index (κ2) is 12.8. The molecule has 0 radical (unpaired) electrons. The van der Waals surface area contributed by atoms with Gasteiger partial charge >= 0.3 is 33.3 Å². The summed E-state index contributed by atoms with van der Waals surface area (Å²) in [6.45, 7) is 8.69. The van der Waals surface area contributed by atoms with E-state index in [9.17, 15) is 0 Å².